The Hall–Kier alpha value is -1.29. The van der Waals surface area contributed by atoms with Gasteiger partial charge in [0.2, 0.25) is 0 Å². The van der Waals surface area contributed by atoms with Gasteiger partial charge in [0.1, 0.15) is 0 Å². The van der Waals surface area contributed by atoms with Crippen LogP contribution in [0.1, 0.15) is 31.0 Å². The monoisotopic (exact) mass is 307 g/mol. The van der Waals surface area contributed by atoms with Gasteiger partial charge in [0.25, 0.3) is 0 Å². The Kier molecular flexibility index (Phi) is 4.07. The molecule has 3 nitrogen and oxygen atoms in total. The third-order valence-corrected chi connectivity index (χ3v) is 3.48. The molecule has 4 heteroatoms. The molecule has 2 aromatic rings. The summed E-state index contributed by atoms with van der Waals surface area (Å²) in [6.07, 6.45) is 4.00. The summed E-state index contributed by atoms with van der Waals surface area (Å²) in [5.74, 6) is 0. The van der Waals surface area contributed by atoms with E-state index in [1.807, 2.05) is 10.9 Å². The van der Waals surface area contributed by atoms with Gasteiger partial charge in [-0.05, 0) is 54.4 Å². The zero-order chi connectivity index (χ0) is 13.1. The average molecular weight is 308 g/mol. The molecular formula is C14H18BrN3. The van der Waals surface area contributed by atoms with Crippen LogP contribution in [0.3, 0.4) is 0 Å². The summed E-state index contributed by atoms with van der Waals surface area (Å²) in [4.78, 5) is 0. The van der Waals surface area contributed by atoms with E-state index in [4.69, 9.17) is 0 Å². The lowest BCUT2D eigenvalue weighted by molar-refractivity contribution is 0.532. The highest BCUT2D eigenvalue weighted by Gasteiger charge is 2.03. The predicted octanol–water partition coefficient (Wildman–Crippen LogP) is 4.15. The summed E-state index contributed by atoms with van der Waals surface area (Å²) in [6, 6.07) is 6.70. The molecule has 0 radical (unpaired) electrons. The Balaban J connectivity index is 2.04. The largest absolute Gasteiger partial charge is 0.380 e. The van der Waals surface area contributed by atoms with Gasteiger partial charge in [-0.1, -0.05) is 6.07 Å². The van der Waals surface area contributed by atoms with Crippen LogP contribution in [-0.2, 0) is 6.54 Å². The second-order valence-electron chi connectivity index (χ2n) is 4.76. The Labute approximate surface area is 116 Å². The molecular weight excluding hydrogens is 290 g/mol. The highest BCUT2D eigenvalue weighted by molar-refractivity contribution is 9.10. The van der Waals surface area contributed by atoms with Crippen molar-refractivity contribution in [2.24, 2.45) is 0 Å². The molecule has 1 heterocycles. The van der Waals surface area contributed by atoms with Crippen molar-refractivity contribution in [3.05, 3.63) is 46.2 Å². The molecule has 2 rings (SSSR count). The fourth-order valence-corrected chi connectivity index (χ4v) is 2.11. The number of nitrogens with zero attached hydrogens (tertiary/aromatic N) is 2. The minimum absolute atomic E-state index is 0.407. The van der Waals surface area contributed by atoms with Gasteiger partial charge in [0.05, 0.1) is 6.20 Å². The van der Waals surface area contributed by atoms with E-state index in [-0.39, 0.29) is 0 Å². The maximum absolute atomic E-state index is 4.33. The third kappa shape index (κ3) is 3.13. The quantitative estimate of drug-likeness (QED) is 0.919. The van der Waals surface area contributed by atoms with Crippen molar-refractivity contribution < 1.29 is 0 Å². The number of nitrogens with one attached hydrogen (secondary N) is 1. The first-order chi connectivity index (χ1) is 8.56. The molecule has 0 aliphatic rings. The fraction of sp³-hybridized carbons (Fsp3) is 0.357. The SMILES string of the molecule is Cc1ccc(Br)c(NCc2cnn(C(C)C)c2)c1. The first-order valence-corrected chi connectivity index (χ1v) is 6.88. The first kappa shape index (κ1) is 13.1. The predicted molar refractivity (Wildman–Crippen MR) is 78.8 cm³/mol. The van der Waals surface area contributed by atoms with Crippen molar-refractivity contribution in [3.8, 4) is 0 Å². The first-order valence-electron chi connectivity index (χ1n) is 6.09. The molecule has 0 aliphatic carbocycles. The second-order valence-corrected chi connectivity index (χ2v) is 5.61. The van der Waals surface area contributed by atoms with E-state index in [1.54, 1.807) is 0 Å². The number of aryl methyl sites for hydroxylation is 1. The van der Waals surface area contributed by atoms with Crippen LogP contribution in [0.25, 0.3) is 0 Å². The topological polar surface area (TPSA) is 29.9 Å². The number of benzene rings is 1. The zero-order valence-corrected chi connectivity index (χ0v) is 12.5. The summed E-state index contributed by atoms with van der Waals surface area (Å²) in [6.45, 7) is 7.13. The van der Waals surface area contributed by atoms with Crippen LogP contribution in [-0.4, -0.2) is 9.78 Å². The smallest absolute Gasteiger partial charge is 0.0539 e. The van der Waals surface area contributed by atoms with Crippen LogP contribution >= 0.6 is 15.9 Å². The van der Waals surface area contributed by atoms with Crippen LogP contribution in [0.15, 0.2) is 35.1 Å². The van der Waals surface area contributed by atoms with E-state index < -0.39 is 0 Å². The van der Waals surface area contributed by atoms with Gasteiger partial charge in [0, 0.05) is 34.5 Å². The number of aromatic nitrogens is 2. The second kappa shape index (κ2) is 5.57. The molecule has 0 saturated heterocycles. The van der Waals surface area contributed by atoms with Gasteiger partial charge < -0.3 is 5.32 Å². The van der Waals surface area contributed by atoms with Crippen LogP contribution in [0.5, 0.6) is 0 Å². The minimum Gasteiger partial charge on any atom is -0.380 e. The molecule has 0 atom stereocenters. The van der Waals surface area contributed by atoms with Gasteiger partial charge in [-0.3, -0.25) is 4.68 Å². The van der Waals surface area contributed by atoms with Crippen molar-refractivity contribution in [1.82, 2.24) is 9.78 Å². The van der Waals surface area contributed by atoms with Crippen LogP contribution in [0.2, 0.25) is 0 Å². The lowest BCUT2D eigenvalue weighted by Crippen LogP contribution is -2.01. The average Bonchev–Trinajstić information content (AvgIpc) is 2.79. The molecule has 0 unspecified atom stereocenters. The molecule has 18 heavy (non-hydrogen) atoms. The van der Waals surface area contributed by atoms with Crippen molar-refractivity contribution in [2.45, 2.75) is 33.4 Å². The Bertz CT molecular complexity index is 532. The molecule has 0 aliphatic heterocycles. The van der Waals surface area contributed by atoms with E-state index >= 15 is 0 Å². The van der Waals surface area contributed by atoms with Crippen molar-refractivity contribution in [2.75, 3.05) is 5.32 Å². The molecule has 0 spiro atoms. The maximum Gasteiger partial charge on any atom is 0.0539 e. The Morgan fingerprint density at radius 2 is 2.17 bits per heavy atom. The van der Waals surface area contributed by atoms with Gasteiger partial charge in [-0.15, -0.1) is 0 Å². The van der Waals surface area contributed by atoms with E-state index in [2.05, 4.69) is 71.5 Å². The third-order valence-electron chi connectivity index (χ3n) is 2.79. The molecule has 96 valence electrons. The highest BCUT2D eigenvalue weighted by Crippen LogP contribution is 2.23. The zero-order valence-electron chi connectivity index (χ0n) is 10.9. The van der Waals surface area contributed by atoms with Crippen LogP contribution in [0.4, 0.5) is 5.69 Å². The van der Waals surface area contributed by atoms with Crippen molar-refractivity contribution in [3.63, 3.8) is 0 Å². The lowest BCUT2D eigenvalue weighted by Gasteiger charge is -2.08. The number of hydrogen-bond acceptors (Lipinski definition) is 2. The van der Waals surface area contributed by atoms with Gasteiger partial charge in [0.15, 0.2) is 0 Å². The number of rotatable bonds is 4. The summed E-state index contributed by atoms with van der Waals surface area (Å²) in [5, 5.41) is 7.76. The molecule has 0 bridgehead atoms. The van der Waals surface area contributed by atoms with E-state index in [1.165, 1.54) is 11.1 Å². The van der Waals surface area contributed by atoms with Gasteiger partial charge in [-0.25, -0.2) is 0 Å². The molecule has 0 amide bonds. The molecule has 0 fully saturated rings. The number of anilines is 1. The maximum atomic E-state index is 4.33. The van der Waals surface area contributed by atoms with Gasteiger partial charge in [-0.2, -0.15) is 5.10 Å². The lowest BCUT2D eigenvalue weighted by atomic mass is 10.2. The standard InChI is InChI=1S/C14H18BrN3/c1-10(2)18-9-12(8-17-18)7-16-14-6-11(3)4-5-13(14)15/h4-6,8-10,16H,7H2,1-3H3. The Morgan fingerprint density at radius 3 is 2.83 bits per heavy atom. The molecule has 1 N–H and O–H groups in total. The molecule has 1 aromatic heterocycles. The van der Waals surface area contributed by atoms with Crippen molar-refractivity contribution >= 4 is 21.6 Å². The van der Waals surface area contributed by atoms with Crippen molar-refractivity contribution in [1.29, 1.82) is 0 Å². The molecule has 1 aromatic carbocycles. The number of halogens is 1. The Morgan fingerprint density at radius 1 is 1.39 bits per heavy atom. The molecule has 0 saturated carbocycles. The van der Waals surface area contributed by atoms with Crippen LogP contribution < -0.4 is 5.32 Å². The van der Waals surface area contributed by atoms with E-state index in [0.717, 1.165) is 16.7 Å². The normalized spacial score (nSPS) is 10.9. The van der Waals surface area contributed by atoms with E-state index in [9.17, 15) is 0 Å². The summed E-state index contributed by atoms with van der Waals surface area (Å²) in [7, 11) is 0. The van der Waals surface area contributed by atoms with E-state index in [0.29, 0.717) is 6.04 Å². The summed E-state index contributed by atoms with van der Waals surface area (Å²) >= 11 is 3.55. The number of hydrogen-bond donors (Lipinski definition) is 1. The minimum atomic E-state index is 0.407. The summed E-state index contributed by atoms with van der Waals surface area (Å²) < 4.78 is 3.06. The fourth-order valence-electron chi connectivity index (χ4n) is 1.72. The van der Waals surface area contributed by atoms with Crippen LogP contribution in [0, 0.1) is 6.92 Å². The van der Waals surface area contributed by atoms with Gasteiger partial charge >= 0.3 is 0 Å². The highest BCUT2D eigenvalue weighted by atomic mass is 79.9. The summed E-state index contributed by atoms with van der Waals surface area (Å²) in [5.41, 5.74) is 3.56.